The second kappa shape index (κ2) is 7.15. The van der Waals surface area contributed by atoms with Gasteiger partial charge in [0.15, 0.2) is 0 Å². The zero-order valence-electron chi connectivity index (χ0n) is 16.4. The summed E-state index contributed by atoms with van der Waals surface area (Å²) < 4.78 is 41.9. The minimum absolute atomic E-state index is 0.113. The molecule has 2 saturated carbocycles. The van der Waals surface area contributed by atoms with Crippen molar-refractivity contribution in [2.75, 3.05) is 6.26 Å². The molecule has 7 heteroatoms. The van der Waals surface area contributed by atoms with Crippen LogP contribution < -0.4 is 10.0 Å². The molecule has 0 spiro atoms. The number of halogens is 1. The van der Waals surface area contributed by atoms with Crippen LogP contribution in [0.1, 0.15) is 42.9 Å². The van der Waals surface area contributed by atoms with Crippen molar-refractivity contribution < 1.29 is 12.8 Å². The number of aromatic nitrogens is 1. The summed E-state index contributed by atoms with van der Waals surface area (Å²) in [6.45, 7) is 0. The van der Waals surface area contributed by atoms with Crippen LogP contribution in [0.2, 0.25) is 0 Å². The van der Waals surface area contributed by atoms with E-state index in [2.05, 4.69) is 15.0 Å². The van der Waals surface area contributed by atoms with Crippen LogP contribution in [0.3, 0.4) is 0 Å². The van der Waals surface area contributed by atoms with Gasteiger partial charge in [-0.25, -0.2) is 17.5 Å². The van der Waals surface area contributed by atoms with E-state index in [1.54, 1.807) is 12.1 Å². The number of hydrogen-bond donors (Lipinski definition) is 2. The molecule has 1 aromatic heterocycles. The van der Waals surface area contributed by atoms with Crippen molar-refractivity contribution in [1.29, 1.82) is 0 Å². The summed E-state index contributed by atoms with van der Waals surface area (Å²) in [5.74, 6) is 0.582. The molecule has 4 aliphatic rings. The van der Waals surface area contributed by atoms with Crippen LogP contribution in [0.25, 0.3) is 11.3 Å². The smallest absolute Gasteiger partial charge is 0.209 e. The third kappa shape index (κ3) is 3.96. The molecular formula is C22H26FN3O2S. The quantitative estimate of drug-likeness (QED) is 0.761. The molecule has 0 unspecified atom stereocenters. The fourth-order valence-corrected chi connectivity index (χ4v) is 5.67. The Morgan fingerprint density at radius 1 is 1.17 bits per heavy atom. The number of pyridine rings is 1. The molecular weight excluding hydrogens is 389 g/mol. The minimum atomic E-state index is -3.32. The number of nitrogens with one attached hydrogen (secondary N) is 2. The first-order valence-electron chi connectivity index (χ1n) is 10.4. The largest absolute Gasteiger partial charge is 0.309 e. The van der Waals surface area contributed by atoms with E-state index in [0.29, 0.717) is 41.1 Å². The topological polar surface area (TPSA) is 71.1 Å². The average Bonchev–Trinajstić information content (AvgIpc) is 3.48. The maximum Gasteiger partial charge on any atom is 0.209 e. The maximum atomic E-state index is 15.4. The fourth-order valence-electron chi connectivity index (χ4n) is 4.82. The highest BCUT2D eigenvalue weighted by Crippen LogP contribution is 2.40. The van der Waals surface area contributed by atoms with Gasteiger partial charge in [0, 0.05) is 35.3 Å². The summed E-state index contributed by atoms with van der Waals surface area (Å²) in [7, 11) is -3.32. The molecule has 2 aliphatic carbocycles. The van der Waals surface area contributed by atoms with Crippen molar-refractivity contribution >= 4 is 10.0 Å². The number of fused-ring (bicyclic) bond motifs is 2. The highest BCUT2D eigenvalue weighted by molar-refractivity contribution is 7.88. The van der Waals surface area contributed by atoms with E-state index in [9.17, 15) is 8.42 Å². The first-order valence-corrected chi connectivity index (χ1v) is 12.2. The lowest BCUT2D eigenvalue weighted by atomic mass is 9.68. The highest BCUT2D eigenvalue weighted by atomic mass is 32.2. The van der Waals surface area contributed by atoms with Crippen molar-refractivity contribution in [3.05, 3.63) is 53.5 Å². The van der Waals surface area contributed by atoms with E-state index in [1.807, 2.05) is 24.3 Å². The van der Waals surface area contributed by atoms with Crippen molar-refractivity contribution in [2.24, 2.45) is 5.92 Å². The van der Waals surface area contributed by atoms with E-state index in [4.69, 9.17) is 0 Å². The number of rotatable bonds is 6. The third-order valence-corrected chi connectivity index (χ3v) is 7.18. The van der Waals surface area contributed by atoms with Crippen LogP contribution in [-0.2, 0) is 16.4 Å². The van der Waals surface area contributed by atoms with Crippen molar-refractivity contribution in [1.82, 2.24) is 15.0 Å². The molecule has 3 heterocycles. The highest BCUT2D eigenvalue weighted by Gasteiger charge is 2.46. The molecule has 1 aromatic carbocycles. The molecule has 4 fully saturated rings. The van der Waals surface area contributed by atoms with Crippen LogP contribution in [0.5, 0.6) is 0 Å². The van der Waals surface area contributed by atoms with Gasteiger partial charge in [0.1, 0.15) is 5.82 Å². The molecule has 0 amide bonds. The van der Waals surface area contributed by atoms with Crippen LogP contribution in [-0.4, -0.2) is 37.8 Å². The first-order chi connectivity index (χ1) is 13.9. The van der Waals surface area contributed by atoms with Gasteiger partial charge in [-0.2, -0.15) is 0 Å². The van der Waals surface area contributed by atoms with E-state index in [0.717, 1.165) is 31.4 Å². The van der Waals surface area contributed by atoms with Crippen molar-refractivity contribution in [3.8, 4) is 11.3 Å². The Labute approximate surface area is 171 Å². The van der Waals surface area contributed by atoms with Gasteiger partial charge in [-0.3, -0.25) is 4.98 Å². The summed E-state index contributed by atoms with van der Waals surface area (Å²) in [4.78, 5) is 4.69. The Morgan fingerprint density at radius 3 is 2.66 bits per heavy atom. The summed E-state index contributed by atoms with van der Waals surface area (Å²) in [6, 6.07) is 11.3. The number of benzene rings is 1. The third-order valence-electron chi connectivity index (χ3n) is 6.48. The zero-order chi connectivity index (χ0) is 20.2. The number of hydrogen-bond acceptors (Lipinski definition) is 4. The van der Waals surface area contributed by atoms with Gasteiger partial charge < -0.3 is 5.32 Å². The van der Waals surface area contributed by atoms with Gasteiger partial charge >= 0.3 is 0 Å². The lowest BCUT2D eigenvalue weighted by Gasteiger charge is -2.52. The molecule has 29 heavy (non-hydrogen) atoms. The molecule has 5 nitrogen and oxygen atoms in total. The second-order valence-electron chi connectivity index (χ2n) is 8.82. The monoisotopic (exact) mass is 415 g/mol. The minimum Gasteiger partial charge on any atom is -0.309 e. The molecule has 0 radical (unpaired) electrons. The van der Waals surface area contributed by atoms with E-state index >= 15 is 4.39 Å². The number of sulfonamides is 1. The Balaban J connectivity index is 1.41. The molecule has 2 saturated heterocycles. The van der Waals surface area contributed by atoms with Gasteiger partial charge in [-0.15, -0.1) is 0 Å². The summed E-state index contributed by atoms with van der Waals surface area (Å²) >= 11 is 0. The molecule has 2 atom stereocenters. The summed E-state index contributed by atoms with van der Waals surface area (Å²) in [5.41, 5.74) is 2.82. The van der Waals surface area contributed by atoms with Crippen LogP contribution in [0, 0.1) is 11.7 Å². The lowest BCUT2D eigenvalue weighted by Crippen LogP contribution is -2.67. The molecule has 2 N–H and O–H groups in total. The molecule has 2 bridgehead atoms. The van der Waals surface area contributed by atoms with Gasteiger partial charge in [0.25, 0.3) is 0 Å². The van der Waals surface area contributed by atoms with Gasteiger partial charge in [-0.1, -0.05) is 18.2 Å². The number of piperidine rings is 2. The molecule has 6 rings (SSSR count). The first kappa shape index (κ1) is 19.2. The Morgan fingerprint density at radius 2 is 1.93 bits per heavy atom. The molecule has 2 aromatic rings. The normalized spacial score (nSPS) is 28.8. The standard InChI is InChI=1S/C22H26FN3O2S/c1-29(27,28)26-22-15-10-16(11-15)24-20(22)12-14-4-2-5-17(21(14)23)19-7-3-6-18(25-19)13-8-9-13/h2-7,13,15-16,20,22,24,26H,8-12H2,1H3/t15?,16?,20-,22-/m0/s1. The predicted octanol–water partition coefficient (Wildman–Crippen LogP) is 2.98. The Kier molecular flexibility index (Phi) is 4.72. The SMILES string of the molecule is CS(=O)(=O)N[C@H]1C2CC(C2)N[C@H]1Cc1cccc(-c2cccc(C3CC3)n2)c1F. The Hall–Kier alpha value is -1.83. The van der Waals surface area contributed by atoms with Crippen LogP contribution >= 0.6 is 0 Å². The van der Waals surface area contributed by atoms with Crippen LogP contribution in [0.4, 0.5) is 4.39 Å². The zero-order valence-corrected chi connectivity index (χ0v) is 17.3. The van der Waals surface area contributed by atoms with Crippen molar-refractivity contribution in [2.45, 2.75) is 56.1 Å². The van der Waals surface area contributed by atoms with E-state index in [-0.39, 0.29) is 17.9 Å². The van der Waals surface area contributed by atoms with E-state index in [1.165, 1.54) is 6.26 Å². The predicted molar refractivity (Wildman–Crippen MR) is 111 cm³/mol. The Bertz CT molecular complexity index is 1030. The number of nitrogens with zero attached hydrogens (tertiary/aromatic N) is 1. The van der Waals surface area contributed by atoms with Gasteiger partial charge in [0.05, 0.1) is 11.9 Å². The van der Waals surface area contributed by atoms with Gasteiger partial charge in [0.2, 0.25) is 10.0 Å². The summed E-state index contributed by atoms with van der Waals surface area (Å²) in [5, 5.41) is 3.51. The van der Waals surface area contributed by atoms with E-state index < -0.39 is 10.0 Å². The average molecular weight is 416 g/mol. The van der Waals surface area contributed by atoms with Crippen LogP contribution in [0.15, 0.2) is 36.4 Å². The molecule has 154 valence electrons. The lowest BCUT2D eigenvalue weighted by molar-refractivity contribution is 0.0809. The molecule has 2 aliphatic heterocycles. The fraction of sp³-hybridized carbons (Fsp3) is 0.500. The second-order valence-corrected chi connectivity index (χ2v) is 10.6. The maximum absolute atomic E-state index is 15.4. The van der Waals surface area contributed by atoms with Crippen molar-refractivity contribution in [3.63, 3.8) is 0 Å². The van der Waals surface area contributed by atoms with Gasteiger partial charge in [-0.05, 0) is 61.8 Å². The summed E-state index contributed by atoms with van der Waals surface area (Å²) in [6.07, 6.45) is 5.90.